The molecule has 5 nitrogen and oxygen atoms in total. The predicted molar refractivity (Wildman–Crippen MR) is 79.9 cm³/mol. The maximum absolute atomic E-state index is 13.0. The minimum absolute atomic E-state index is 0.166. The number of anilines is 1. The molecule has 0 heterocycles. The largest absolute Gasteiger partial charge is 0.466 e. The number of ether oxygens (including phenoxy) is 2. The highest BCUT2D eigenvalue weighted by Gasteiger charge is 2.34. The number of carbonyl (C=O) groups is 2. The normalized spacial score (nSPS) is 12.3. The number of alkyl halides is 3. The van der Waals surface area contributed by atoms with E-state index in [-0.39, 0.29) is 10.0 Å². The minimum Gasteiger partial charge on any atom is -0.466 e. The van der Waals surface area contributed by atoms with Gasteiger partial charge in [-0.05, 0) is 30.7 Å². The summed E-state index contributed by atoms with van der Waals surface area (Å²) in [5.74, 6) is -0.889. The van der Waals surface area contributed by atoms with Crippen molar-refractivity contribution in [3.8, 4) is 0 Å². The molecule has 23 heavy (non-hydrogen) atoms. The lowest BCUT2D eigenvalue weighted by atomic mass is 10.1. The number of carbonyl (C=O) groups excluding carboxylic acids is 2. The third-order valence-electron chi connectivity index (χ3n) is 2.61. The first-order valence-electron chi connectivity index (χ1n) is 6.14. The van der Waals surface area contributed by atoms with E-state index in [0.717, 1.165) is 19.2 Å². The van der Waals surface area contributed by atoms with Crippen LogP contribution in [-0.2, 0) is 20.4 Å². The Labute approximate surface area is 138 Å². The van der Waals surface area contributed by atoms with Gasteiger partial charge in [-0.1, -0.05) is 22.5 Å². The van der Waals surface area contributed by atoms with Gasteiger partial charge in [0.2, 0.25) is 6.10 Å². The van der Waals surface area contributed by atoms with Crippen LogP contribution in [0.3, 0.4) is 0 Å². The first kappa shape index (κ1) is 19.0. The Hall–Kier alpha value is -2.03. The second-order valence-electron chi connectivity index (χ2n) is 4.47. The lowest BCUT2D eigenvalue weighted by Gasteiger charge is -2.18. The number of benzene rings is 1. The Morgan fingerprint density at radius 3 is 2.43 bits per heavy atom. The van der Waals surface area contributed by atoms with Gasteiger partial charge in [-0.15, -0.1) is 0 Å². The van der Waals surface area contributed by atoms with Crippen LogP contribution in [-0.4, -0.2) is 25.3 Å². The number of halogens is 4. The Bertz CT molecular complexity index is 631. The van der Waals surface area contributed by atoms with Gasteiger partial charge < -0.3 is 9.47 Å². The monoisotopic (exact) mass is 395 g/mol. The second-order valence-corrected chi connectivity index (χ2v) is 5.38. The highest BCUT2D eigenvalue weighted by atomic mass is 79.9. The molecule has 0 aromatic heterocycles. The van der Waals surface area contributed by atoms with E-state index in [1.807, 2.05) is 5.32 Å². The van der Waals surface area contributed by atoms with E-state index in [4.69, 9.17) is 4.74 Å². The first-order valence-corrected chi connectivity index (χ1v) is 6.93. The van der Waals surface area contributed by atoms with E-state index in [1.54, 1.807) is 0 Å². The van der Waals surface area contributed by atoms with E-state index in [2.05, 4.69) is 27.2 Å². The van der Waals surface area contributed by atoms with Crippen LogP contribution in [0.5, 0.6) is 0 Å². The van der Waals surface area contributed by atoms with Gasteiger partial charge in [0.05, 0.1) is 18.4 Å². The molecule has 0 bridgehead atoms. The fourth-order valence-corrected chi connectivity index (χ4v) is 1.92. The van der Waals surface area contributed by atoms with Crippen molar-refractivity contribution in [3.05, 3.63) is 40.4 Å². The number of rotatable bonds is 4. The summed E-state index contributed by atoms with van der Waals surface area (Å²) in [4.78, 5) is 23.2. The van der Waals surface area contributed by atoms with Crippen molar-refractivity contribution in [3.63, 3.8) is 0 Å². The molecule has 0 saturated carbocycles. The zero-order valence-electron chi connectivity index (χ0n) is 12.2. The number of esters is 1. The predicted octanol–water partition coefficient (Wildman–Crippen LogP) is 4.13. The number of hydrogen-bond donors (Lipinski definition) is 1. The number of hydrogen-bond acceptors (Lipinski definition) is 4. The van der Waals surface area contributed by atoms with Gasteiger partial charge in [-0.3, -0.25) is 5.32 Å². The van der Waals surface area contributed by atoms with Crippen molar-refractivity contribution in [2.75, 3.05) is 12.4 Å². The van der Waals surface area contributed by atoms with E-state index < -0.39 is 35.6 Å². The van der Waals surface area contributed by atoms with E-state index in [1.165, 1.54) is 13.0 Å². The molecule has 1 unspecified atom stereocenters. The molecule has 1 aromatic carbocycles. The molecule has 0 fully saturated rings. The molecule has 0 saturated heterocycles. The van der Waals surface area contributed by atoms with Gasteiger partial charge >= 0.3 is 18.2 Å². The van der Waals surface area contributed by atoms with Crippen molar-refractivity contribution in [2.24, 2.45) is 0 Å². The van der Waals surface area contributed by atoms with E-state index in [0.29, 0.717) is 0 Å². The zero-order chi connectivity index (χ0) is 17.8. The molecular formula is C14H13BrF3NO4. The van der Waals surface area contributed by atoms with Gasteiger partial charge in [0, 0.05) is 4.47 Å². The van der Waals surface area contributed by atoms with Gasteiger partial charge in [-0.2, -0.15) is 13.2 Å². The van der Waals surface area contributed by atoms with Crippen molar-refractivity contribution in [1.82, 2.24) is 0 Å². The molecule has 0 spiro atoms. The fourth-order valence-electron chi connectivity index (χ4n) is 1.56. The highest BCUT2D eigenvalue weighted by molar-refractivity contribution is 9.10. The average Bonchev–Trinajstić information content (AvgIpc) is 2.44. The Morgan fingerprint density at radius 1 is 1.35 bits per heavy atom. The lowest BCUT2D eigenvalue weighted by molar-refractivity contribution is -0.148. The maximum Gasteiger partial charge on any atom is 0.418 e. The first-order chi connectivity index (χ1) is 10.6. The molecule has 1 amide bonds. The van der Waals surface area contributed by atoms with Crippen LogP contribution in [0.1, 0.15) is 12.5 Å². The van der Waals surface area contributed by atoms with Crippen LogP contribution < -0.4 is 5.32 Å². The SMILES string of the molecule is C=C(C)C(OC(=O)Nc1ccc(Br)cc1C(F)(F)F)C(=O)OC. The maximum atomic E-state index is 13.0. The molecule has 1 aromatic rings. The smallest absolute Gasteiger partial charge is 0.418 e. The minimum atomic E-state index is -4.68. The summed E-state index contributed by atoms with van der Waals surface area (Å²) in [5, 5.41) is 1.96. The molecule has 126 valence electrons. The Morgan fingerprint density at radius 2 is 1.96 bits per heavy atom. The molecule has 0 aliphatic rings. The van der Waals surface area contributed by atoms with Crippen LogP contribution in [0.2, 0.25) is 0 Å². The molecule has 0 aliphatic heterocycles. The van der Waals surface area contributed by atoms with Crippen molar-refractivity contribution in [2.45, 2.75) is 19.2 Å². The summed E-state index contributed by atoms with van der Waals surface area (Å²) in [6.07, 6.45) is -7.33. The third-order valence-corrected chi connectivity index (χ3v) is 3.10. The summed E-state index contributed by atoms with van der Waals surface area (Å²) >= 11 is 2.93. The van der Waals surface area contributed by atoms with Crippen LogP contribution in [0.4, 0.5) is 23.7 Å². The van der Waals surface area contributed by atoms with Crippen LogP contribution in [0, 0.1) is 0 Å². The van der Waals surface area contributed by atoms with Crippen molar-refractivity contribution < 1.29 is 32.2 Å². The molecule has 0 aliphatic carbocycles. The number of methoxy groups -OCH3 is 1. The lowest BCUT2D eigenvalue weighted by Crippen LogP contribution is -2.31. The Kier molecular flexibility index (Phi) is 6.20. The highest BCUT2D eigenvalue weighted by Crippen LogP contribution is 2.36. The van der Waals surface area contributed by atoms with Crippen LogP contribution >= 0.6 is 15.9 Å². The van der Waals surface area contributed by atoms with Gasteiger partial charge in [-0.25, -0.2) is 9.59 Å². The van der Waals surface area contributed by atoms with Crippen LogP contribution in [0.25, 0.3) is 0 Å². The van der Waals surface area contributed by atoms with Crippen molar-refractivity contribution in [1.29, 1.82) is 0 Å². The number of nitrogens with one attached hydrogen (secondary N) is 1. The van der Waals surface area contributed by atoms with Gasteiger partial charge in [0.1, 0.15) is 0 Å². The second kappa shape index (κ2) is 7.49. The molecule has 9 heteroatoms. The standard InChI is InChI=1S/C14H13BrF3NO4/c1-7(2)11(12(20)22-3)23-13(21)19-10-5-4-8(15)6-9(10)14(16,17)18/h4-6,11H,1H2,2-3H3,(H,19,21). The molecule has 0 radical (unpaired) electrons. The Balaban J connectivity index is 2.98. The van der Waals surface area contributed by atoms with Gasteiger partial charge in [0.25, 0.3) is 0 Å². The van der Waals surface area contributed by atoms with Gasteiger partial charge in [0.15, 0.2) is 0 Å². The summed E-state index contributed by atoms with van der Waals surface area (Å²) in [5.41, 5.74) is -1.40. The summed E-state index contributed by atoms with van der Waals surface area (Å²) < 4.78 is 48.2. The molecule has 1 N–H and O–H groups in total. The quantitative estimate of drug-likeness (QED) is 0.614. The molecule has 1 atom stereocenters. The number of amides is 1. The zero-order valence-corrected chi connectivity index (χ0v) is 13.7. The topological polar surface area (TPSA) is 64.6 Å². The third kappa shape index (κ3) is 5.27. The fraction of sp³-hybridized carbons (Fsp3) is 0.286. The van der Waals surface area contributed by atoms with E-state index in [9.17, 15) is 22.8 Å². The molecular weight excluding hydrogens is 383 g/mol. The molecule has 1 rings (SSSR count). The average molecular weight is 396 g/mol. The summed E-state index contributed by atoms with van der Waals surface area (Å²) in [7, 11) is 1.08. The van der Waals surface area contributed by atoms with Crippen LogP contribution in [0.15, 0.2) is 34.8 Å². The van der Waals surface area contributed by atoms with Crippen molar-refractivity contribution >= 4 is 33.7 Å². The summed E-state index contributed by atoms with van der Waals surface area (Å²) in [6.45, 7) is 4.87. The van der Waals surface area contributed by atoms with E-state index >= 15 is 0 Å². The summed E-state index contributed by atoms with van der Waals surface area (Å²) in [6, 6.07) is 3.19.